The van der Waals surface area contributed by atoms with Gasteiger partial charge in [-0.25, -0.2) is 0 Å². The summed E-state index contributed by atoms with van der Waals surface area (Å²) in [5.74, 6) is 2.07. The second-order valence-corrected chi connectivity index (χ2v) is 5.72. The maximum Gasteiger partial charge on any atom is 0.0319 e. The zero-order chi connectivity index (χ0) is 14.7. The summed E-state index contributed by atoms with van der Waals surface area (Å²) in [5, 5.41) is 7.00. The number of rotatable bonds is 6. The molecule has 0 aliphatic rings. The standard InChI is InChI=1S/C16H30.CH4O.H2O/c1-8-15(13(4)5)11-16(14(6)7)10-9-12(2)3;1-2;/h10-14H,8-9H2,1-7H3;2H,1H3;1H2/b15-11+,16-10+;;. The summed E-state index contributed by atoms with van der Waals surface area (Å²) in [5.41, 5.74) is 3.09. The van der Waals surface area contributed by atoms with E-state index in [1.807, 2.05) is 0 Å². The van der Waals surface area contributed by atoms with Gasteiger partial charge in [-0.1, -0.05) is 66.2 Å². The first kappa shape index (κ1) is 23.5. The van der Waals surface area contributed by atoms with E-state index in [1.165, 1.54) is 18.4 Å². The van der Waals surface area contributed by atoms with Gasteiger partial charge in [0.25, 0.3) is 0 Å². The van der Waals surface area contributed by atoms with Gasteiger partial charge in [0.1, 0.15) is 0 Å². The molecular formula is C17H36O2. The van der Waals surface area contributed by atoms with E-state index in [9.17, 15) is 0 Å². The number of allylic oxidation sites excluding steroid dienone is 4. The number of hydrogen-bond acceptors (Lipinski definition) is 1. The van der Waals surface area contributed by atoms with E-state index in [1.54, 1.807) is 5.57 Å². The summed E-state index contributed by atoms with van der Waals surface area (Å²) in [4.78, 5) is 0. The van der Waals surface area contributed by atoms with E-state index in [-0.39, 0.29) is 5.48 Å². The van der Waals surface area contributed by atoms with E-state index < -0.39 is 0 Å². The molecule has 0 rings (SSSR count). The Hall–Kier alpha value is -0.600. The predicted octanol–water partition coefficient (Wildman–Crippen LogP) is 4.39. The highest BCUT2D eigenvalue weighted by Gasteiger charge is 2.05. The zero-order valence-corrected chi connectivity index (χ0v) is 14.2. The van der Waals surface area contributed by atoms with Crippen LogP contribution in [0.3, 0.4) is 0 Å². The highest BCUT2D eigenvalue weighted by atomic mass is 16.2. The summed E-state index contributed by atoms with van der Waals surface area (Å²) in [6.45, 7) is 16.0. The largest absolute Gasteiger partial charge is 0.412 e. The molecule has 3 N–H and O–H groups in total. The smallest absolute Gasteiger partial charge is 0.0319 e. The van der Waals surface area contributed by atoms with Crippen molar-refractivity contribution in [3.63, 3.8) is 0 Å². The maximum absolute atomic E-state index is 7.00. The molecule has 2 heteroatoms. The first-order chi connectivity index (χ1) is 8.38. The molecule has 19 heavy (non-hydrogen) atoms. The van der Waals surface area contributed by atoms with Crippen LogP contribution >= 0.6 is 0 Å². The molecule has 0 aliphatic carbocycles. The highest BCUT2D eigenvalue weighted by molar-refractivity contribution is 5.26. The average Bonchev–Trinajstić information content (AvgIpc) is 2.30. The molecule has 0 saturated heterocycles. The van der Waals surface area contributed by atoms with Gasteiger partial charge in [0.2, 0.25) is 0 Å². The van der Waals surface area contributed by atoms with Crippen molar-refractivity contribution in [1.29, 1.82) is 0 Å². The van der Waals surface area contributed by atoms with Gasteiger partial charge in [-0.15, -0.1) is 0 Å². The van der Waals surface area contributed by atoms with Crippen LogP contribution in [0.2, 0.25) is 0 Å². The maximum atomic E-state index is 7.00. The van der Waals surface area contributed by atoms with Gasteiger partial charge < -0.3 is 10.6 Å². The molecule has 0 aromatic rings. The van der Waals surface area contributed by atoms with E-state index in [0.717, 1.165) is 13.0 Å². The summed E-state index contributed by atoms with van der Waals surface area (Å²) >= 11 is 0. The fraction of sp³-hybridized carbons (Fsp3) is 0.765. The van der Waals surface area contributed by atoms with Crippen LogP contribution in [-0.4, -0.2) is 17.7 Å². The number of aliphatic hydroxyl groups is 1. The zero-order valence-electron chi connectivity index (χ0n) is 14.2. The number of aliphatic hydroxyl groups excluding tert-OH is 1. The SMILES string of the molecule is CC/C(=C\C(=C/CC(C)C)C(C)C)C(C)C.CO.O. The highest BCUT2D eigenvalue weighted by Crippen LogP contribution is 2.21. The molecule has 0 aromatic carbocycles. The molecule has 0 aliphatic heterocycles. The van der Waals surface area contributed by atoms with Crippen LogP contribution in [0.4, 0.5) is 0 Å². The third-order valence-electron chi connectivity index (χ3n) is 2.99. The van der Waals surface area contributed by atoms with E-state index in [0.29, 0.717) is 11.8 Å². The molecule has 116 valence electrons. The summed E-state index contributed by atoms with van der Waals surface area (Å²) in [6, 6.07) is 0. The first-order valence-electron chi connectivity index (χ1n) is 7.23. The lowest BCUT2D eigenvalue weighted by atomic mass is 9.92. The molecule has 0 heterocycles. The summed E-state index contributed by atoms with van der Waals surface area (Å²) < 4.78 is 0. The molecule has 0 unspecified atom stereocenters. The fourth-order valence-corrected chi connectivity index (χ4v) is 1.72. The Bertz CT molecular complexity index is 248. The Balaban J connectivity index is -0.000000809. The van der Waals surface area contributed by atoms with Crippen molar-refractivity contribution in [2.24, 2.45) is 17.8 Å². The second kappa shape index (κ2) is 13.8. The van der Waals surface area contributed by atoms with Gasteiger partial charge in [-0.3, -0.25) is 0 Å². The molecule has 0 spiro atoms. The van der Waals surface area contributed by atoms with Crippen LogP contribution in [0, 0.1) is 17.8 Å². The van der Waals surface area contributed by atoms with Gasteiger partial charge in [-0.05, 0) is 36.2 Å². The Morgan fingerprint density at radius 1 is 0.947 bits per heavy atom. The monoisotopic (exact) mass is 272 g/mol. The Kier molecular flexibility index (Phi) is 17.1. The van der Waals surface area contributed by atoms with Crippen molar-refractivity contribution < 1.29 is 10.6 Å². The van der Waals surface area contributed by atoms with Gasteiger partial charge in [0, 0.05) is 7.11 Å². The van der Waals surface area contributed by atoms with Crippen LogP contribution < -0.4 is 0 Å². The molecule has 0 aromatic heterocycles. The molecule has 0 saturated carbocycles. The minimum absolute atomic E-state index is 0. The van der Waals surface area contributed by atoms with Crippen molar-refractivity contribution in [2.45, 2.75) is 61.3 Å². The van der Waals surface area contributed by atoms with E-state index in [4.69, 9.17) is 5.11 Å². The molecule has 0 atom stereocenters. The number of hydrogen-bond donors (Lipinski definition) is 1. The van der Waals surface area contributed by atoms with E-state index in [2.05, 4.69) is 60.6 Å². The topological polar surface area (TPSA) is 51.7 Å². The van der Waals surface area contributed by atoms with Crippen LogP contribution in [0.15, 0.2) is 23.3 Å². The lowest BCUT2D eigenvalue weighted by Gasteiger charge is -2.14. The van der Waals surface area contributed by atoms with Crippen LogP contribution in [-0.2, 0) is 0 Å². The molecule has 0 radical (unpaired) electrons. The second-order valence-electron chi connectivity index (χ2n) is 5.72. The van der Waals surface area contributed by atoms with Crippen molar-refractivity contribution >= 4 is 0 Å². The average molecular weight is 272 g/mol. The van der Waals surface area contributed by atoms with Crippen molar-refractivity contribution in [3.8, 4) is 0 Å². The van der Waals surface area contributed by atoms with Crippen LogP contribution in [0.25, 0.3) is 0 Å². The first-order valence-corrected chi connectivity index (χ1v) is 7.23. The van der Waals surface area contributed by atoms with Crippen molar-refractivity contribution in [2.75, 3.05) is 7.11 Å². The van der Waals surface area contributed by atoms with Gasteiger partial charge in [0.05, 0.1) is 0 Å². The Labute approximate surface area is 120 Å². The van der Waals surface area contributed by atoms with Gasteiger partial charge in [-0.2, -0.15) is 0 Å². The molecule has 0 bridgehead atoms. The quantitative estimate of drug-likeness (QED) is 0.716. The normalized spacial score (nSPS) is 12.4. The Morgan fingerprint density at radius 3 is 1.68 bits per heavy atom. The minimum Gasteiger partial charge on any atom is -0.412 e. The minimum atomic E-state index is 0. The Morgan fingerprint density at radius 2 is 1.42 bits per heavy atom. The van der Waals surface area contributed by atoms with Crippen molar-refractivity contribution in [3.05, 3.63) is 23.3 Å². The lowest BCUT2D eigenvalue weighted by Crippen LogP contribution is -1.98. The van der Waals surface area contributed by atoms with Crippen LogP contribution in [0.5, 0.6) is 0 Å². The van der Waals surface area contributed by atoms with Crippen molar-refractivity contribution in [1.82, 2.24) is 0 Å². The molecule has 0 amide bonds. The third-order valence-corrected chi connectivity index (χ3v) is 2.99. The predicted molar refractivity (Wildman–Crippen MR) is 87.3 cm³/mol. The van der Waals surface area contributed by atoms with Gasteiger partial charge >= 0.3 is 0 Å². The van der Waals surface area contributed by atoms with Gasteiger partial charge in [0.15, 0.2) is 0 Å². The fourth-order valence-electron chi connectivity index (χ4n) is 1.72. The summed E-state index contributed by atoms with van der Waals surface area (Å²) in [7, 11) is 1.00. The molecular weight excluding hydrogens is 236 g/mol. The van der Waals surface area contributed by atoms with E-state index >= 15 is 0 Å². The summed E-state index contributed by atoms with van der Waals surface area (Å²) in [6.07, 6.45) is 7.22. The molecule has 0 fully saturated rings. The third kappa shape index (κ3) is 12.2. The van der Waals surface area contributed by atoms with Crippen LogP contribution in [0.1, 0.15) is 61.3 Å². The molecule has 2 nitrogen and oxygen atoms in total. The lowest BCUT2D eigenvalue weighted by molar-refractivity contribution is 0.399.